The number of hydrogen-bond acceptors (Lipinski definition) is 1. The Kier molecular flexibility index (Phi) is 2.55. The molecule has 0 aliphatic carbocycles. The van der Waals surface area contributed by atoms with Crippen LogP contribution in [0, 0.1) is 6.07 Å². The van der Waals surface area contributed by atoms with Crippen molar-refractivity contribution >= 4 is 10.9 Å². The molecule has 0 fully saturated rings. The molecular formula is C14H8F3N2. The molecule has 19 heavy (non-hydrogen) atoms. The van der Waals surface area contributed by atoms with Gasteiger partial charge in [0.05, 0.1) is 16.8 Å². The highest BCUT2D eigenvalue weighted by atomic mass is 19.4. The molecule has 3 rings (SSSR count). The quantitative estimate of drug-likeness (QED) is 0.703. The molecule has 2 aromatic carbocycles. The molecule has 1 radical (unpaired) electrons. The van der Waals surface area contributed by atoms with Crippen molar-refractivity contribution in [1.29, 1.82) is 0 Å². The van der Waals surface area contributed by atoms with Gasteiger partial charge in [0.1, 0.15) is 0 Å². The molecule has 0 aliphatic rings. The summed E-state index contributed by atoms with van der Waals surface area (Å²) in [5.41, 5.74) is 1.43. The van der Waals surface area contributed by atoms with Gasteiger partial charge in [0.15, 0.2) is 0 Å². The first-order valence-corrected chi connectivity index (χ1v) is 5.57. The molecule has 0 saturated heterocycles. The second-order valence-corrected chi connectivity index (χ2v) is 4.12. The topological polar surface area (TPSA) is 28.7 Å². The summed E-state index contributed by atoms with van der Waals surface area (Å²) >= 11 is 0. The molecule has 0 spiro atoms. The molecule has 3 aromatic rings. The Bertz CT molecular complexity index is 711. The zero-order valence-electron chi connectivity index (χ0n) is 9.62. The monoisotopic (exact) mass is 261 g/mol. The van der Waals surface area contributed by atoms with Crippen LogP contribution in [0.1, 0.15) is 5.56 Å². The molecule has 0 bridgehead atoms. The minimum atomic E-state index is -4.32. The van der Waals surface area contributed by atoms with Gasteiger partial charge in [0.2, 0.25) is 0 Å². The Labute approximate surface area is 106 Å². The van der Waals surface area contributed by atoms with E-state index in [0.29, 0.717) is 11.3 Å². The minimum absolute atomic E-state index is 0.626. The van der Waals surface area contributed by atoms with Crippen molar-refractivity contribution in [3.63, 3.8) is 0 Å². The van der Waals surface area contributed by atoms with Gasteiger partial charge in [-0.15, -0.1) is 0 Å². The Morgan fingerprint density at radius 2 is 1.79 bits per heavy atom. The largest absolute Gasteiger partial charge is 0.416 e. The van der Waals surface area contributed by atoms with Gasteiger partial charge in [0, 0.05) is 10.9 Å². The smallest absolute Gasteiger partial charge is 0.277 e. The number of aromatic amines is 1. The SMILES string of the molecule is FC(F)(F)c1ccc(-c2n[nH]c3cc[c]cc23)cc1. The fraction of sp³-hybridized carbons (Fsp3) is 0.0714. The Morgan fingerprint density at radius 3 is 2.47 bits per heavy atom. The van der Waals surface area contributed by atoms with Crippen LogP contribution in [0.4, 0.5) is 13.2 Å². The van der Waals surface area contributed by atoms with Gasteiger partial charge in [-0.3, -0.25) is 5.10 Å². The summed E-state index contributed by atoms with van der Waals surface area (Å²) in [4.78, 5) is 0. The van der Waals surface area contributed by atoms with E-state index in [1.165, 1.54) is 12.1 Å². The molecule has 2 nitrogen and oxygen atoms in total. The van der Waals surface area contributed by atoms with Crippen LogP contribution in [-0.4, -0.2) is 10.2 Å². The average molecular weight is 261 g/mol. The van der Waals surface area contributed by atoms with Gasteiger partial charge in [-0.25, -0.2) is 0 Å². The second-order valence-electron chi connectivity index (χ2n) is 4.12. The summed E-state index contributed by atoms with van der Waals surface area (Å²) in [7, 11) is 0. The van der Waals surface area contributed by atoms with Crippen LogP contribution in [0.5, 0.6) is 0 Å². The maximum Gasteiger partial charge on any atom is 0.416 e. The van der Waals surface area contributed by atoms with Crippen LogP contribution in [0.3, 0.4) is 0 Å². The van der Waals surface area contributed by atoms with Gasteiger partial charge >= 0.3 is 6.18 Å². The van der Waals surface area contributed by atoms with Crippen LogP contribution in [0.25, 0.3) is 22.2 Å². The van der Waals surface area contributed by atoms with Crippen LogP contribution in [0.2, 0.25) is 0 Å². The molecule has 0 amide bonds. The van der Waals surface area contributed by atoms with E-state index in [9.17, 15) is 13.2 Å². The number of nitrogens with zero attached hydrogens (tertiary/aromatic N) is 1. The molecule has 0 aliphatic heterocycles. The van der Waals surface area contributed by atoms with Crippen molar-refractivity contribution in [2.45, 2.75) is 6.18 Å². The summed E-state index contributed by atoms with van der Waals surface area (Å²) in [5.74, 6) is 0. The van der Waals surface area contributed by atoms with Gasteiger partial charge in [0.25, 0.3) is 0 Å². The second kappa shape index (κ2) is 4.12. The molecule has 1 heterocycles. The Morgan fingerprint density at radius 1 is 1.05 bits per heavy atom. The van der Waals surface area contributed by atoms with E-state index < -0.39 is 11.7 Å². The van der Waals surface area contributed by atoms with E-state index >= 15 is 0 Å². The molecule has 0 saturated carbocycles. The number of alkyl halides is 3. The van der Waals surface area contributed by atoms with Gasteiger partial charge in [-0.2, -0.15) is 18.3 Å². The maximum atomic E-state index is 12.5. The van der Waals surface area contributed by atoms with Crippen molar-refractivity contribution in [3.05, 3.63) is 54.1 Å². The normalized spacial score (nSPS) is 11.9. The highest BCUT2D eigenvalue weighted by molar-refractivity contribution is 5.92. The molecule has 1 aromatic heterocycles. The van der Waals surface area contributed by atoms with Crippen molar-refractivity contribution < 1.29 is 13.2 Å². The Hall–Kier alpha value is -2.30. The molecule has 1 N–H and O–H groups in total. The lowest BCUT2D eigenvalue weighted by Crippen LogP contribution is -2.04. The average Bonchev–Trinajstić information content (AvgIpc) is 2.82. The number of halogens is 3. The zero-order valence-corrected chi connectivity index (χ0v) is 9.62. The first-order chi connectivity index (χ1) is 9.05. The number of nitrogens with one attached hydrogen (secondary N) is 1. The van der Waals surface area contributed by atoms with E-state index in [-0.39, 0.29) is 0 Å². The highest BCUT2D eigenvalue weighted by Crippen LogP contribution is 2.32. The fourth-order valence-corrected chi connectivity index (χ4v) is 1.94. The van der Waals surface area contributed by atoms with E-state index in [1.807, 2.05) is 6.07 Å². The predicted octanol–water partition coefficient (Wildman–Crippen LogP) is 4.05. The number of rotatable bonds is 1. The lowest BCUT2D eigenvalue weighted by molar-refractivity contribution is -0.137. The van der Waals surface area contributed by atoms with Crippen molar-refractivity contribution in [2.24, 2.45) is 0 Å². The number of fused-ring (bicyclic) bond motifs is 1. The third kappa shape index (κ3) is 2.07. The fourth-order valence-electron chi connectivity index (χ4n) is 1.94. The van der Waals surface area contributed by atoms with E-state index in [4.69, 9.17) is 0 Å². The zero-order chi connectivity index (χ0) is 13.5. The number of H-pyrrole nitrogens is 1. The predicted molar refractivity (Wildman–Crippen MR) is 65.4 cm³/mol. The summed E-state index contributed by atoms with van der Waals surface area (Å²) in [6, 6.07) is 13.2. The molecular weight excluding hydrogens is 253 g/mol. The molecule has 95 valence electrons. The molecule has 5 heteroatoms. The minimum Gasteiger partial charge on any atom is -0.277 e. The molecule has 0 atom stereocenters. The lowest BCUT2D eigenvalue weighted by atomic mass is 10.1. The summed E-state index contributed by atoms with van der Waals surface area (Å²) in [6.07, 6.45) is -4.32. The summed E-state index contributed by atoms with van der Waals surface area (Å²) < 4.78 is 37.5. The van der Waals surface area contributed by atoms with Crippen LogP contribution in [0.15, 0.2) is 42.5 Å². The van der Waals surface area contributed by atoms with Crippen LogP contribution >= 0.6 is 0 Å². The molecule has 0 unspecified atom stereocenters. The van der Waals surface area contributed by atoms with E-state index in [1.54, 1.807) is 12.1 Å². The van der Waals surface area contributed by atoms with Crippen molar-refractivity contribution in [3.8, 4) is 11.3 Å². The number of hydrogen-bond donors (Lipinski definition) is 1. The standard InChI is InChI=1S/C14H8F3N2/c15-14(16,17)10-7-5-9(6-8-10)13-11-3-1-2-4-12(11)18-19-13/h2-8H,(H,18,19). The van der Waals surface area contributed by atoms with E-state index in [2.05, 4.69) is 16.3 Å². The van der Waals surface area contributed by atoms with Crippen LogP contribution in [-0.2, 0) is 6.18 Å². The number of benzene rings is 2. The first-order valence-electron chi connectivity index (χ1n) is 5.57. The summed E-state index contributed by atoms with van der Waals surface area (Å²) in [5, 5.41) is 7.81. The third-order valence-electron chi connectivity index (χ3n) is 2.89. The Balaban J connectivity index is 2.07. The van der Waals surface area contributed by atoms with Gasteiger partial charge < -0.3 is 0 Å². The van der Waals surface area contributed by atoms with Crippen molar-refractivity contribution in [1.82, 2.24) is 10.2 Å². The lowest BCUT2D eigenvalue weighted by Gasteiger charge is -2.06. The van der Waals surface area contributed by atoms with Crippen LogP contribution < -0.4 is 0 Å². The maximum absolute atomic E-state index is 12.5. The summed E-state index contributed by atoms with van der Waals surface area (Å²) in [6.45, 7) is 0. The van der Waals surface area contributed by atoms with Gasteiger partial charge in [-0.05, 0) is 30.3 Å². The first kappa shape index (κ1) is 11.8. The van der Waals surface area contributed by atoms with Gasteiger partial charge in [-0.1, -0.05) is 18.2 Å². The van der Waals surface area contributed by atoms with E-state index in [0.717, 1.165) is 23.0 Å². The highest BCUT2D eigenvalue weighted by Gasteiger charge is 2.30. The van der Waals surface area contributed by atoms with Crippen molar-refractivity contribution in [2.75, 3.05) is 0 Å². The third-order valence-corrected chi connectivity index (χ3v) is 2.89. The number of aromatic nitrogens is 2.